The third kappa shape index (κ3) is 8.13. The number of hydrogen-bond donors (Lipinski definition) is 2. The van der Waals surface area contributed by atoms with Gasteiger partial charge in [-0.1, -0.05) is 42.8 Å². The van der Waals surface area contributed by atoms with E-state index in [1.54, 1.807) is 12.1 Å². The van der Waals surface area contributed by atoms with Gasteiger partial charge in [-0.2, -0.15) is 13.2 Å². The molecule has 1 fully saturated rings. The Hall–Kier alpha value is -3.89. The van der Waals surface area contributed by atoms with Crippen molar-refractivity contribution in [1.82, 2.24) is 4.72 Å². The van der Waals surface area contributed by atoms with Crippen LogP contribution in [0, 0.1) is 0 Å². The number of halogens is 3. The maximum absolute atomic E-state index is 13.4. The van der Waals surface area contributed by atoms with Crippen molar-refractivity contribution in [3.05, 3.63) is 107 Å². The van der Waals surface area contributed by atoms with Crippen molar-refractivity contribution in [2.45, 2.75) is 77.9 Å². The van der Waals surface area contributed by atoms with E-state index in [4.69, 9.17) is 0 Å². The van der Waals surface area contributed by atoms with Crippen molar-refractivity contribution >= 4 is 38.3 Å². The molecule has 262 valence electrons. The minimum Gasteiger partial charge on any atom is -0.372 e. The van der Waals surface area contributed by atoms with Gasteiger partial charge in [-0.3, -0.25) is 0 Å². The highest BCUT2D eigenvalue weighted by molar-refractivity contribution is 7.90. The molecule has 0 heterocycles. The summed E-state index contributed by atoms with van der Waals surface area (Å²) in [5.41, 5.74) is 3.32. The van der Waals surface area contributed by atoms with Gasteiger partial charge in [0.05, 0.1) is 5.56 Å². The minimum absolute atomic E-state index is 0.291. The molecule has 10 heteroatoms. The number of alkyl halides is 3. The Kier molecular flexibility index (Phi) is 11.7. The fraction of sp³-hybridized carbons (Fsp3) is 0.410. The summed E-state index contributed by atoms with van der Waals surface area (Å²) >= 11 is 0. The van der Waals surface area contributed by atoms with E-state index in [0.717, 1.165) is 96.8 Å². The highest BCUT2D eigenvalue weighted by atomic mass is 32.2. The van der Waals surface area contributed by atoms with Crippen LogP contribution in [-0.4, -0.2) is 51.9 Å². The van der Waals surface area contributed by atoms with Gasteiger partial charge in [-0.25, -0.2) is 18.1 Å². The molecule has 6 nitrogen and oxygen atoms in total. The molecule has 2 aliphatic rings. The normalized spacial score (nSPS) is 16.1. The van der Waals surface area contributed by atoms with Crippen LogP contribution in [-0.2, 0) is 16.6 Å². The van der Waals surface area contributed by atoms with Crippen molar-refractivity contribution in [3.8, 4) is 0 Å². The van der Waals surface area contributed by atoms with Gasteiger partial charge in [0.15, 0.2) is 6.04 Å². The summed E-state index contributed by atoms with van der Waals surface area (Å²) in [7, 11) is -5.55. The van der Waals surface area contributed by atoms with Gasteiger partial charge in [-0.15, -0.1) is 0 Å². The molecule has 0 saturated heterocycles. The van der Waals surface area contributed by atoms with Crippen molar-refractivity contribution < 1.29 is 26.6 Å². The molecule has 2 aliphatic carbocycles. The number of anilines is 2. The van der Waals surface area contributed by atoms with Crippen LogP contribution >= 0.6 is 0 Å². The summed E-state index contributed by atoms with van der Waals surface area (Å²) in [6.07, 6.45) is 9.67. The van der Waals surface area contributed by atoms with E-state index in [-0.39, 0.29) is 0 Å². The summed E-state index contributed by atoms with van der Waals surface area (Å²) in [6, 6.07) is 22.5. The number of hydrogen-bond acceptors (Lipinski definition) is 4. The molecule has 0 unspecified atom stereocenters. The Bertz CT molecular complexity index is 1730. The van der Waals surface area contributed by atoms with E-state index in [2.05, 4.69) is 97.1 Å². The first kappa shape index (κ1) is 36.4. The quantitative estimate of drug-likeness (QED) is 0.214. The zero-order valence-corrected chi connectivity index (χ0v) is 29.7. The molecule has 0 amide bonds. The fourth-order valence-electron chi connectivity index (χ4n) is 7.02. The summed E-state index contributed by atoms with van der Waals surface area (Å²) in [5.74, 6) is 0. The lowest BCUT2D eigenvalue weighted by Crippen LogP contribution is -2.80. The molecule has 0 atom stereocenters. The third-order valence-electron chi connectivity index (χ3n) is 9.69. The number of nitrogens with one attached hydrogen (secondary N) is 2. The average Bonchev–Trinajstić information content (AvgIpc) is 3.10. The van der Waals surface area contributed by atoms with Crippen LogP contribution in [0.25, 0.3) is 11.1 Å². The Morgan fingerprint density at radius 2 is 1.31 bits per heavy atom. The third-order valence-corrected chi connectivity index (χ3v) is 10.8. The largest absolute Gasteiger partial charge is 0.511 e. The Morgan fingerprint density at radius 3 is 1.80 bits per heavy atom. The maximum Gasteiger partial charge on any atom is 0.511 e. The SMILES string of the molecule is CCN(CC)c1ccc(C(=C2C=CC(=[NH+]C3CCCCC3)c3cccc(CNS(=O)(=O)C(F)(F)F)c32)c2ccc(N(CC)CC)cc2)cc1. The van der Waals surface area contributed by atoms with Crippen LogP contribution in [0.15, 0.2) is 78.9 Å². The molecule has 5 rings (SSSR count). The number of benzene rings is 3. The second-order valence-corrected chi connectivity index (χ2v) is 14.3. The smallest absolute Gasteiger partial charge is 0.372 e. The van der Waals surface area contributed by atoms with Crippen molar-refractivity contribution in [2.75, 3.05) is 36.0 Å². The van der Waals surface area contributed by atoms with E-state index in [0.29, 0.717) is 17.2 Å². The number of nitrogens with zero attached hydrogens (tertiary/aromatic N) is 2. The monoisotopic (exact) mass is 693 g/mol. The summed E-state index contributed by atoms with van der Waals surface area (Å²) in [4.78, 5) is 8.26. The Balaban J connectivity index is 1.74. The minimum atomic E-state index is -5.55. The van der Waals surface area contributed by atoms with Gasteiger partial charge in [0.25, 0.3) is 0 Å². The van der Waals surface area contributed by atoms with Gasteiger partial charge >= 0.3 is 15.5 Å². The van der Waals surface area contributed by atoms with E-state index in [9.17, 15) is 21.6 Å². The van der Waals surface area contributed by atoms with Gasteiger partial charge < -0.3 is 9.80 Å². The molecule has 0 bridgehead atoms. The van der Waals surface area contributed by atoms with Crippen LogP contribution in [0.4, 0.5) is 24.5 Å². The first-order valence-corrected chi connectivity index (χ1v) is 18.9. The molecule has 0 radical (unpaired) electrons. The fourth-order valence-corrected chi connectivity index (χ4v) is 7.53. The van der Waals surface area contributed by atoms with E-state index >= 15 is 0 Å². The molecule has 0 aliphatic heterocycles. The lowest BCUT2D eigenvalue weighted by molar-refractivity contribution is -0.506. The molecule has 3 aromatic rings. The summed E-state index contributed by atoms with van der Waals surface area (Å²) < 4.78 is 66.5. The number of rotatable bonds is 12. The topological polar surface area (TPSA) is 66.6 Å². The highest BCUT2D eigenvalue weighted by Gasteiger charge is 2.45. The molecule has 3 aromatic carbocycles. The van der Waals surface area contributed by atoms with E-state index in [1.807, 2.05) is 16.9 Å². The number of fused-ring (bicyclic) bond motifs is 1. The van der Waals surface area contributed by atoms with Gasteiger partial charge in [0.1, 0.15) is 0 Å². The average molecular weight is 694 g/mol. The van der Waals surface area contributed by atoms with Crippen LogP contribution in [0.1, 0.15) is 87.6 Å². The molecule has 49 heavy (non-hydrogen) atoms. The highest BCUT2D eigenvalue weighted by Crippen LogP contribution is 2.39. The maximum atomic E-state index is 13.4. The second-order valence-electron chi connectivity index (χ2n) is 12.6. The molecular formula is C39H48F3N4O2S+. The van der Waals surface area contributed by atoms with Gasteiger partial charge in [-0.05, 0) is 105 Å². The molecule has 1 saturated carbocycles. The van der Waals surface area contributed by atoms with Crippen LogP contribution in [0.2, 0.25) is 0 Å². The van der Waals surface area contributed by atoms with Crippen molar-refractivity contribution in [3.63, 3.8) is 0 Å². The second kappa shape index (κ2) is 15.8. The van der Waals surface area contributed by atoms with Gasteiger partial charge in [0, 0.05) is 68.6 Å². The molecule has 2 N–H and O–H groups in total. The first-order valence-electron chi connectivity index (χ1n) is 17.5. The number of allylic oxidation sites excluding steroid dienone is 3. The van der Waals surface area contributed by atoms with Crippen molar-refractivity contribution in [2.24, 2.45) is 0 Å². The zero-order chi connectivity index (χ0) is 35.2. The van der Waals surface area contributed by atoms with Crippen LogP contribution < -0.4 is 19.5 Å². The summed E-state index contributed by atoms with van der Waals surface area (Å²) in [6.45, 7) is 11.5. The predicted octanol–water partition coefficient (Wildman–Crippen LogP) is 7.05. The van der Waals surface area contributed by atoms with Crippen LogP contribution in [0.3, 0.4) is 0 Å². The van der Waals surface area contributed by atoms with E-state index in [1.165, 1.54) is 6.42 Å². The Morgan fingerprint density at radius 1 is 0.776 bits per heavy atom. The molecule has 0 spiro atoms. The predicted molar refractivity (Wildman–Crippen MR) is 195 cm³/mol. The standard InChI is InChI=1S/C39H47F3N4O2S/c1-5-45(6-2)32-21-17-28(18-22-32)37(29-19-23-33(24-20-29)46(7-3)8-4)35-25-26-36(44-31-14-10-9-11-15-31)34-16-12-13-30(38(34)35)27-43-49(47,48)39(40,41)42/h12-13,16-26,31,43H,5-11,14-15,27H2,1-4H3/p+1. The summed E-state index contributed by atoms with van der Waals surface area (Å²) in [5, 5.41) is 0. The van der Waals surface area contributed by atoms with Crippen molar-refractivity contribution in [1.29, 1.82) is 0 Å². The molecule has 0 aromatic heterocycles. The molecular weight excluding hydrogens is 646 g/mol. The Labute approximate surface area is 289 Å². The first-order chi connectivity index (χ1) is 23.5. The van der Waals surface area contributed by atoms with Gasteiger partial charge in [0.2, 0.25) is 5.71 Å². The van der Waals surface area contributed by atoms with E-state index < -0.39 is 22.1 Å². The lowest BCUT2D eigenvalue weighted by Gasteiger charge is -2.25. The zero-order valence-electron chi connectivity index (χ0n) is 28.9. The lowest BCUT2D eigenvalue weighted by atomic mass is 9.81. The van der Waals surface area contributed by atoms with Crippen LogP contribution in [0.5, 0.6) is 0 Å². The number of sulfonamides is 1.